The van der Waals surface area contributed by atoms with E-state index in [1.54, 1.807) is 19.9 Å². The third-order valence-electron chi connectivity index (χ3n) is 3.50. The zero-order chi connectivity index (χ0) is 13.4. The molecular weight excluding hydrogens is 216 g/mol. The Morgan fingerprint density at radius 3 is 2.47 bits per heavy atom. The van der Waals surface area contributed by atoms with Gasteiger partial charge in [-0.25, -0.2) is 4.79 Å². The van der Waals surface area contributed by atoms with Gasteiger partial charge in [0.15, 0.2) is 0 Å². The normalized spacial score (nSPS) is 28.8. The molecule has 0 saturated carbocycles. The molecule has 0 amide bonds. The van der Waals surface area contributed by atoms with Crippen LogP contribution >= 0.6 is 0 Å². The second kappa shape index (κ2) is 4.49. The maximum absolute atomic E-state index is 11.5. The Bertz CT molecular complexity index is 425. The zero-order valence-electron chi connectivity index (χ0n) is 11.1. The first-order valence-electron chi connectivity index (χ1n) is 5.63. The average molecular weight is 236 g/mol. The van der Waals surface area contributed by atoms with Crippen molar-refractivity contribution < 1.29 is 14.6 Å². The van der Waals surface area contributed by atoms with Gasteiger partial charge in [0.1, 0.15) is 11.7 Å². The Morgan fingerprint density at radius 1 is 1.47 bits per heavy atom. The van der Waals surface area contributed by atoms with Crippen molar-refractivity contribution in [3.8, 4) is 0 Å². The molecule has 1 rings (SSSR count). The lowest BCUT2D eigenvalue weighted by molar-refractivity contribution is -0.140. The summed E-state index contributed by atoms with van der Waals surface area (Å²) in [5.41, 5.74) is 1.92. The van der Waals surface area contributed by atoms with Gasteiger partial charge in [-0.05, 0) is 57.4 Å². The van der Waals surface area contributed by atoms with Crippen LogP contribution in [-0.2, 0) is 9.53 Å². The molecule has 1 N–H and O–H groups in total. The molecule has 0 heterocycles. The molecule has 2 atom stereocenters. The Morgan fingerprint density at radius 2 is 2.00 bits per heavy atom. The molecule has 0 radical (unpaired) electrons. The van der Waals surface area contributed by atoms with Crippen molar-refractivity contribution in [1.82, 2.24) is 0 Å². The van der Waals surface area contributed by atoms with Crippen LogP contribution in [0.2, 0.25) is 0 Å². The molecular formula is C14H20O3. The summed E-state index contributed by atoms with van der Waals surface area (Å²) in [6.45, 7) is 12.5. The highest BCUT2D eigenvalue weighted by molar-refractivity contribution is 5.87. The smallest absolute Gasteiger partial charge is 0.334 e. The second-order valence-corrected chi connectivity index (χ2v) is 4.84. The Labute approximate surface area is 102 Å². The van der Waals surface area contributed by atoms with E-state index in [2.05, 4.69) is 6.58 Å². The largest absolute Gasteiger partial charge is 0.450 e. The van der Waals surface area contributed by atoms with E-state index in [4.69, 9.17) is 4.74 Å². The molecule has 0 aromatic rings. The van der Waals surface area contributed by atoms with Gasteiger partial charge in [0.05, 0.1) is 0 Å². The molecule has 2 unspecified atom stereocenters. The highest BCUT2D eigenvalue weighted by Gasteiger charge is 2.34. The molecule has 0 saturated heterocycles. The summed E-state index contributed by atoms with van der Waals surface area (Å²) in [6.07, 6.45) is 1.38. The van der Waals surface area contributed by atoms with Gasteiger partial charge < -0.3 is 9.84 Å². The summed E-state index contributed by atoms with van der Waals surface area (Å²) in [5.74, 6) is -0.409. The fourth-order valence-electron chi connectivity index (χ4n) is 1.75. The number of aliphatic hydroxyl groups is 1. The van der Waals surface area contributed by atoms with Gasteiger partial charge in [-0.2, -0.15) is 0 Å². The van der Waals surface area contributed by atoms with Crippen LogP contribution in [0.25, 0.3) is 0 Å². The van der Waals surface area contributed by atoms with Crippen LogP contribution in [0.1, 0.15) is 34.6 Å². The predicted octanol–water partition coefficient (Wildman–Crippen LogP) is 2.52. The van der Waals surface area contributed by atoms with Crippen LogP contribution in [0.4, 0.5) is 0 Å². The summed E-state index contributed by atoms with van der Waals surface area (Å²) >= 11 is 0. The first kappa shape index (κ1) is 13.7. The maximum atomic E-state index is 11.5. The fourth-order valence-corrected chi connectivity index (χ4v) is 1.75. The highest BCUT2D eigenvalue weighted by Crippen LogP contribution is 2.34. The van der Waals surface area contributed by atoms with Crippen LogP contribution in [0.5, 0.6) is 0 Å². The van der Waals surface area contributed by atoms with E-state index in [0.717, 1.165) is 16.7 Å². The summed E-state index contributed by atoms with van der Waals surface area (Å²) in [4.78, 5) is 11.5. The molecule has 0 aromatic carbocycles. The van der Waals surface area contributed by atoms with Crippen LogP contribution in [0, 0.1) is 0 Å². The minimum atomic E-state index is -0.948. The molecule has 3 nitrogen and oxygen atoms in total. The summed E-state index contributed by atoms with van der Waals surface area (Å²) < 4.78 is 5.32. The van der Waals surface area contributed by atoms with Crippen LogP contribution in [-0.4, -0.2) is 22.8 Å². The van der Waals surface area contributed by atoms with Crippen LogP contribution in [0.15, 0.2) is 34.9 Å². The van der Waals surface area contributed by atoms with Gasteiger partial charge in [0.25, 0.3) is 0 Å². The van der Waals surface area contributed by atoms with Gasteiger partial charge in [0.2, 0.25) is 0 Å². The molecule has 1 aliphatic carbocycles. The Balaban J connectivity index is 3.02. The first-order chi connectivity index (χ1) is 7.67. The topological polar surface area (TPSA) is 46.5 Å². The van der Waals surface area contributed by atoms with Crippen molar-refractivity contribution in [3.05, 3.63) is 34.9 Å². The van der Waals surface area contributed by atoms with E-state index in [9.17, 15) is 9.90 Å². The standard InChI is InChI=1S/C14H20O3/c1-8(2)13(15)17-12-7-9(3)14(6,16)11(5)10(12)4/h7,12,16H,1H2,2-6H3. The van der Waals surface area contributed by atoms with Crippen molar-refractivity contribution in [2.24, 2.45) is 0 Å². The van der Waals surface area contributed by atoms with Gasteiger partial charge in [0, 0.05) is 5.57 Å². The van der Waals surface area contributed by atoms with E-state index in [1.165, 1.54) is 0 Å². The highest BCUT2D eigenvalue weighted by atomic mass is 16.5. The third kappa shape index (κ3) is 2.50. The van der Waals surface area contributed by atoms with Crippen molar-refractivity contribution in [1.29, 1.82) is 0 Å². The number of hydrogen-bond donors (Lipinski definition) is 1. The van der Waals surface area contributed by atoms with Crippen molar-refractivity contribution >= 4 is 5.97 Å². The third-order valence-corrected chi connectivity index (χ3v) is 3.50. The van der Waals surface area contributed by atoms with Crippen molar-refractivity contribution in [3.63, 3.8) is 0 Å². The van der Waals surface area contributed by atoms with Crippen molar-refractivity contribution in [2.75, 3.05) is 0 Å². The molecule has 0 aliphatic heterocycles. The molecule has 0 bridgehead atoms. The van der Waals surface area contributed by atoms with E-state index < -0.39 is 17.7 Å². The lowest BCUT2D eigenvalue weighted by Gasteiger charge is -2.34. The number of hydrogen-bond acceptors (Lipinski definition) is 3. The molecule has 3 heteroatoms. The van der Waals surface area contributed by atoms with Gasteiger partial charge in [-0.1, -0.05) is 6.58 Å². The molecule has 1 aliphatic rings. The van der Waals surface area contributed by atoms with Gasteiger partial charge in [-0.3, -0.25) is 0 Å². The predicted molar refractivity (Wildman–Crippen MR) is 67.4 cm³/mol. The molecule has 17 heavy (non-hydrogen) atoms. The number of carbonyl (C=O) groups excluding carboxylic acids is 1. The molecule has 0 aromatic heterocycles. The maximum Gasteiger partial charge on any atom is 0.334 e. The molecule has 94 valence electrons. The summed E-state index contributed by atoms with van der Waals surface area (Å²) in [7, 11) is 0. The average Bonchev–Trinajstić information content (AvgIpc) is 2.23. The molecule has 0 spiro atoms. The lowest BCUT2D eigenvalue weighted by Crippen LogP contribution is -2.35. The van der Waals surface area contributed by atoms with Gasteiger partial charge in [-0.15, -0.1) is 0 Å². The SMILES string of the molecule is C=C(C)C(=O)OC1C=C(C)C(C)(O)C(C)=C1C. The van der Waals surface area contributed by atoms with E-state index in [0.29, 0.717) is 5.57 Å². The van der Waals surface area contributed by atoms with Crippen LogP contribution < -0.4 is 0 Å². The number of rotatable bonds is 2. The minimum Gasteiger partial charge on any atom is -0.450 e. The fraction of sp³-hybridized carbons (Fsp3) is 0.500. The van der Waals surface area contributed by atoms with E-state index in [1.807, 2.05) is 20.8 Å². The Kier molecular flexibility index (Phi) is 3.62. The first-order valence-corrected chi connectivity index (χ1v) is 5.63. The van der Waals surface area contributed by atoms with Crippen LogP contribution in [0.3, 0.4) is 0 Å². The monoisotopic (exact) mass is 236 g/mol. The minimum absolute atomic E-state index is 0.374. The number of esters is 1. The quantitative estimate of drug-likeness (QED) is 0.455. The zero-order valence-corrected chi connectivity index (χ0v) is 11.1. The molecule has 0 fully saturated rings. The van der Waals surface area contributed by atoms with E-state index in [-0.39, 0.29) is 0 Å². The number of carbonyl (C=O) groups is 1. The second-order valence-electron chi connectivity index (χ2n) is 4.84. The van der Waals surface area contributed by atoms with Gasteiger partial charge >= 0.3 is 5.97 Å². The Hall–Kier alpha value is -1.35. The lowest BCUT2D eigenvalue weighted by atomic mass is 9.80. The van der Waals surface area contributed by atoms with E-state index >= 15 is 0 Å². The summed E-state index contributed by atoms with van der Waals surface area (Å²) in [5, 5.41) is 10.3. The van der Waals surface area contributed by atoms with Crippen molar-refractivity contribution in [2.45, 2.75) is 46.3 Å². The number of ether oxygens (including phenoxy) is 1. The summed E-state index contributed by atoms with van der Waals surface area (Å²) in [6, 6.07) is 0.